The molecule has 0 saturated carbocycles. The van der Waals surface area contributed by atoms with Crippen molar-refractivity contribution in [2.45, 2.75) is 0 Å². The van der Waals surface area contributed by atoms with Crippen molar-refractivity contribution in [2.75, 3.05) is 11.1 Å². The Hall–Kier alpha value is -1.62. The van der Waals surface area contributed by atoms with E-state index in [1.807, 2.05) is 24.3 Å². The Morgan fingerprint density at radius 1 is 1.20 bits per heavy atom. The van der Waals surface area contributed by atoms with Crippen molar-refractivity contribution >= 4 is 33.3 Å². The lowest BCUT2D eigenvalue weighted by Crippen LogP contribution is -1.97. The van der Waals surface area contributed by atoms with Crippen molar-refractivity contribution in [1.29, 1.82) is 0 Å². The summed E-state index contributed by atoms with van der Waals surface area (Å²) in [5.74, 6) is 1.13. The van der Waals surface area contributed by atoms with Crippen LogP contribution in [0.3, 0.4) is 0 Å². The molecule has 0 aliphatic rings. The van der Waals surface area contributed by atoms with E-state index in [0.29, 0.717) is 11.6 Å². The Kier molecular flexibility index (Phi) is 2.82. The van der Waals surface area contributed by atoms with Gasteiger partial charge < -0.3 is 11.1 Å². The van der Waals surface area contributed by atoms with Gasteiger partial charge in [-0.05, 0) is 18.2 Å². The quantitative estimate of drug-likeness (QED) is 0.875. The maximum atomic E-state index is 5.54. The molecular weight excluding hydrogens is 256 g/mol. The SMILES string of the molecule is Nc1cc(Nc2cccc(Br)c2)ncn1. The van der Waals surface area contributed by atoms with Crippen LogP contribution >= 0.6 is 15.9 Å². The maximum Gasteiger partial charge on any atom is 0.135 e. The molecule has 5 heteroatoms. The molecule has 2 rings (SSSR count). The van der Waals surface area contributed by atoms with Crippen LogP contribution in [0.25, 0.3) is 0 Å². The van der Waals surface area contributed by atoms with Gasteiger partial charge in [0.25, 0.3) is 0 Å². The Morgan fingerprint density at radius 2 is 2.07 bits per heavy atom. The summed E-state index contributed by atoms with van der Waals surface area (Å²) in [5.41, 5.74) is 6.49. The van der Waals surface area contributed by atoms with E-state index in [0.717, 1.165) is 10.2 Å². The zero-order valence-electron chi connectivity index (χ0n) is 7.81. The predicted molar refractivity (Wildman–Crippen MR) is 63.9 cm³/mol. The maximum absolute atomic E-state index is 5.54. The number of halogens is 1. The lowest BCUT2D eigenvalue weighted by molar-refractivity contribution is 1.18. The molecule has 1 heterocycles. The summed E-state index contributed by atoms with van der Waals surface area (Å²) in [6.45, 7) is 0. The molecule has 0 fully saturated rings. The van der Waals surface area contributed by atoms with Gasteiger partial charge >= 0.3 is 0 Å². The molecule has 0 bridgehead atoms. The molecule has 15 heavy (non-hydrogen) atoms. The fraction of sp³-hybridized carbons (Fsp3) is 0. The highest BCUT2D eigenvalue weighted by atomic mass is 79.9. The summed E-state index contributed by atoms with van der Waals surface area (Å²) in [4.78, 5) is 7.86. The molecule has 0 amide bonds. The molecular formula is C10H9BrN4. The third-order valence-electron chi connectivity index (χ3n) is 1.79. The minimum atomic E-state index is 0.447. The summed E-state index contributed by atoms with van der Waals surface area (Å²) in [6.07, 6.45) is 1.43. The number of nitrogens with zero attached hydrogens (tertiary/aromatic N) is 2. The molecule has 0 atom stereocenters. The van der Waals surface area contributed by atoms with Gasteiger partial charge in [0, 0.05) is 16.2 Å². The number of rotatable bonds is 2. The monoisotopic (exact) mass is 264 g/mol. The molecule has 1 aromatic heterocycles. The number of benzene rings is 1. The van der Waals surface area contributed by atoms with E-state index in [9.17, 15) is 0 Å². The smallest absolute Gasteiger partial charge is 0.135 e. The highest BCUT2D eigenvalue weighted by Crippen LogP contribution is 2.19. The summed E-state index contributed by atoms with van der Waals surface area (Å²) >= 11 is 3.39. The first-order chi connectivity index (χ1) is 7.24. The molecule has 0 spiro atoms. The number of aromatic nitrogens is 2. The topological polar surface area (TPSA) is 63.8 Å². The summed E-state index contributed by atoms with van der Waals surface area (Å²) < 4.78 is 1.01. The number of anilines is 3. The van der Waals surface area contributed by atoms with Gasteiger partial charge in [-0.1, -0.05) is 22.0 Å². The predicted octanol–water partition coefficient (Wildman–Crippen LogP) is 2.56. The van der Waals surface area contributed by atoms with Gasteiger partial charge in [0.1, 0.15) is 18.0 Å². The molecule has 0 aliphatic heterocycles. The second-order valence-corrected chi connectivity index (χ2v) is 3.88. The summed E-state index contributed by atoms with van der Waals surface area (Å²) in [6, 6.07) is 9.48. The van der Waals surface area contributed by atoms with Gasteiger partial charge in [0.2, 0.25) is 0 Å². The summed E-state index contributed by atoms with van der Waals surface area (Å²) in [5, 5.41) is 3.12. The lowest BCUT2D eigenvalue weighted by atomic mass is 10.3. The highest BCUT2D eigenvalue weighted by molar-refractivity contribution is 9.10. The van der Waals surface area contributed by atoms with Gasteiger partial charge in [0.15, 0.2) is 0 Å². The third kappa shape index (κ3) is 2.66. The standard InChI is InChI=1S/C10H9BrN4/c11-7-2-1-3-8(4-7)15-10-5-9(12)13-6-14-10/h1-6H,(H3,12,13,14,15). The number of nitrogens with two attached hydrogens (primary N) is 1. The Bertz CT molecular complexity index is 429. The Morgan fingerprint density at radius 3 is 2.80 bits per heavy atom. The van der Waals surface area contributed by atoms with E-state index in [1.54, 1.807) is 6.07 Å². The lowest BCUT2D eigenvalue weighted by Gasteiger charge is -2.05. The van der Waals surface area contributed by atoms with E-state index in [1.165, 1.54) is 6.33 Å². The van der Waals surface area contributed by atoms with E-state index < -0.39 is 0 Å². The van der Waals surface area contributed by atoms with Gasteiger partial charge in [-0.3, -0.25) is 0 Å². The fourth-order valence-electron chi connectivity index (χ4n) is 1.15. The van der Waals surface area contributed by atoms with Crippen molar-refractivity contribution < 1.29 is 0 Å². The van der Waals surface area contributed by atoms with E-state index in [-0.39, 0.29) is 0 Å². The molecule has 76 valence electrons. The molecule has 4 nitrogen and oxygen atoms in total. The number of nitrogens with one attached hydrogen (secondary N) is 1. The minimum absolute atomic E-state index is 0.447. The van der Waals surface area contributed by atoms with Gasteiger partial charge in [-0.15, -0.1) is 0 Å². The average Bonchev–Trinajstić information content (AvgIpc) is 2.17. The van der Waals surface area contributed by atoms with Gasteiger partial charge in [-0.2, -0.15) is 0 Å². The largest absolute Gasteiger partial charge is 0.384 e. The Labute approximate surface area is 95.7 Å². The van der Waals surface area contributed by atoms with Gasteiger partial charge in [0.05, 0.1) is 0 Å². The van der Waals surface area contributed by atoms with Crippen LogP contribution in [0.4, 0.5) is 17.3 Å². The second kappa shape index (κ2) is 4.27. The van der Waals surface area contributed by atoms with E-state index >= 15 is 0 Å². The first-order valence-electron chi connectivity index (χ1n) is 4.34. The van der Waals surface area contributed by atoms with Crippen LogP contribution in [0.1, 0.15) is 0 Å². The summed E-state index contributed by atoms with van der Waals surface area (Å²) in [7, 11) is 0. The van der Waals surface area contributed by atoms with Crippen LogP contribution in [-0.4, -0.2) is 9.97 Å². The van der Waals surface area contributed by atoms with Gasteiger partial charge in [-0.25, -0.2) is 9.97 Å². The van der Waals surface area contributed by atoms with Crippen LogP contribution in [0.15, 0.2) is 41.1 Å². The van der Waals surface area contributed by atoms with Crippen molar-refractivity contribution in [1.82, 2.24) is 9.97 Å². The fourth-order valence-corrected chi connectivity index (χ4v) is 1.55. The molecule has 1 aromatic carbocycles. The van der Waals surface area contributed by atoms with Crippen LogP contribution < -0.4 is 11.1 Å². The minimum Gasteiger partial charge on any atom is -0.384 e. The molecule has 3 N–H and O–H groups in total. The van der Waals surface area contributed by atoms with Crippen LogP contribution in [0, 0.1) is 0 Å². The molecule has 0 saturated heterocycles. The zero-order chi connectivity index (χ0) is 10.7. The van der Waals surface area contributed by atoms with Crippen molar-refractivity contribution in [3.63, 3.8) is 0 Å². The number of hydrogen-bond donors (Lipinski definition) is 2. The van der Waals surface area contributed by atoms with Crippen LogP contribution in [-0.2, 0) is 0 Å². The third-order valence-corrected chi connectivity index (χ3v) is 2.28. The first kappa shape index (κ1) is 9.92. The molecule has 0 radical (unpaired) electrons. The number of nitrogen functional groups attached to an aromatic ring is 1. The molecule has 0 aliphatic carbocycles. The zero-order valence-corrected chi connectivity index (χ0v) is 9.40. The first-order valence-corrected chi connectivity index (χ1v) is 5.13. The van der Waals surface area contributed by atoms with E-state index in [4.69, 9.17) is 5.73 Å². The number of hydrogen-bond acceptors (Lipinski definition) is 4. The Balaban J connectivity index is 2.22. The molecule has 2 aromatic rings. The normalized spacial score (nSPS) is 9.93. The van der Waals surface area contributed by atoms with Crippen molar-refractivity contribution in [2.24, 2.45) is 0 Å². The van der Waals surface area contributed by atoms with Crippen molar-refractivity contribution in [3.8, 4) is 0 Å². The van der Waals surface area contributed by atoms with Crippen molar-refractivity contribution in [3.05, 3.63) is 41.1 Å². The van der Waals surface area contributed by atoms with Crippen LogP contribution in [0.2, 0.25) is 0 Å². The second-order valence-electron chi connectivity index (χ2n) is 2.96. The molecule has 0 unspecified atom stereocenters. The van der Waals surface area contributed by atoms with E-state index in [2.05, 4.69) is 31.2 Å². The van der Waals surface area contributed by atoms with Crippen LogP contribution in [0.5, 0.6) is 0 Å². The average molecular weight is 265 g/mol. The highest BCUT2D eigenvalue weighted by Gasteiger charge is 1.97.